The molecule has 27 heavy (non-hydrogen) atoms. The first kappa shape index (κ1) is 19.0. The van der Waals surface area contributed by atoms with E-state index in [0.29, 0.717) is 11.3 Å². The van der Waals surface area contributed by atoms with Crippen LogP contribution in [-0.4, -0.2) is 44.8 Å². The summed E-state index contributed by atoms with van der Waals surface area (Å²) in [6.07, 6.45) is 1.66. The van der Waals surface area contributed by atoms with Gasteiger partial charge in [0.05, 0.1) is 23.2 Å². The van der Waals surface area contributed by atoms with Crippen LogP contribution in [0.25, 0.3) is 10.9 Å². The molecule has 0 aliphatic rings. The number of methoxy groups -OCH3 is 1. The Hall–Kier alpha value is -2.75. The van der Waals surface area contributed by atoms with E-state index in [4.69, 9.17) is 4.74 Å². The van der Waals surface area contributed by atoms with Gasteiger partial charge in [0, 0.05) is 30.3 Å². The minimum atomic E-state index is -3.72. The van der Waals surface area contributed by atoms with Crippen LogP contribution in [0, 0.1) is 6.92 Å². The number of rotatable bonds is 7. The van der Waals surface area contributed by atoms with Crippen LogP contribution >= 0.6 is 0 Å². The molecule has 1 heterocycles. The first-order valence-corrected chi connectivity index (χ1v) is 9.73. The predicted molar refractivity (Wildman–Crippen MR) is 102 cm³/mol. The minimum absolute atomic E-state index is 0.0274. The van der Waals surface area contributed by atoms with Crippen LogP contribution in [-0.2, 0) is 14.8 Å². The van der Waals surface area contributed by atoms with Gasteiger partial charge < -0.3 is 10.1 Å². The SMILES string of the molecule is COCCNS(=O)(=O)c1ccc(C)c(C(=O)Nc2ccc3[nH]ncc3c2)c1. The lowest BCUT2D eigenvalue weighted by atomic mass is 10.1. The fourth-order valence-electron chi connectivity index (χ4n) is 2.59. The van der Waals surface area contributed by atoms with Crippen LogP contribution in [0.5, 0.6) is 0 Å². The Morgan fingerprint density at radius 3 is 2.81 bits per heavy atom. The van der Waals surface area contributed by atoms with Gasteiger partial charge in [-0.1, -0.05) is 6.07 Å². The predicted octanol–water partition coefficient (Wildman–Crippen LogP) is 2.05. The number of hydrogen-bond acceptors (Lipinski definition) is 5. The Kier molecular flexibility index (Phi) is 5.54. The third-order valence-corrected chi connectivity index (χ3v) is 5.52. The Balaban J connectivity index is 1.83. The standard InChI is InChI=1S/C18H20N4O4S/c1-12-3-5-15(27(24,25)20-7-8-26-2)10-16(12)18(23)21-14-4-6-17-13(9-14)11-19-22-17/h3-6,9-11,20H,7-8H2,1-2H3,(H,19,22)(H,21,23). The summed E-state index contributed by atoms with van der Waals surface area (Å²) in [4.78, 5) is 12.7. The van der Waals surface area contributed by atoms with Crippen molar-refractivity contribution in [2.24, 2.45) is 0 Å². The number of benzene rings is 2. The highest BCUT2D eigenvalue weighted by Gasteiger charge is 2.18. The number of fused-ring (bicyclic) bond motifs is 1. The molecule has 8 nitrogen and oxygen atoms in total. The molecule has 0 atom stereocenters. The summed E-state index contributed by atoms with van der Waals surface area (Å²) < 4.78 is 32.0. The highest BCUT2D eigenvalue weighted by atomic mass is 32.2. The van der Waals surface area contributed by atoms with Crippen LogP contribution in [0.4, 0.5) is 5.69 Å². The lowest BCUT2D eigenvalue weighted by molar-refractivity contribution is 0.102. The second kappa shape index (κ2) is 7.87. The molecule has 0 aliphatic carbocycles. The zero-order valence-corrected chi connectivity index (χ0v) is 15.8. The van der Waals surface area contributed by atoms with E-state index in [1.54, 1.807) is 31.3 Å². The Bertz CT molecular complexity index is 1080. The molecule has 0 radical (unpaired) electrons. The molecular formula is C18H20N4O4S. The monoisotopic (exact) mass is 388 g/mol. The van der Waals surface area contributed by atoms with E-state index in [1.807, 2.05) is 6.07 Å². The lowest BCUT2D eigenvalue weighted by Crippen LogP contribution is -2.27. The number of aryl methyl sites for hydroxylation is 1. The van der Waals surface area contributed by atoms with Gasteiger partial charge in [0.15, 0.2) is 0 Å². The molecule has 0 spiro atoms. The maximum Gasteiger partial charge on any atom is 0.255 e. The number of hydrogen-bond donors (Lipinski definition) is 3. The molecular weight excluding hydrogens is 368 g/mol. The van der Waals surface area contributed by atoms with E-state index >= 15 is 0 Å². The number of sulfonamides is 1. The molecule has 3 aromatic rings. The maximum atomic E-state index is 12.7. The number of amides is 1. The van der Waals surface area contributed by atoms with Crippen LogP contribution in [0.2, 0.25) is 0 Å². The number of aromatic nitrogens is 2. The van der Waals surface area contributed by atoms with E-state index in [-0.39, 0.29) is 29.5 Å². The average molecular weight is 388 g/mol. The summed E-state index contributed by atoms with van der Waals surface area (Å²) in [5.74, 6) is -0.385. The zero-order chi connectivity index (χ0) is 19.4. The Morgan fingerprint density at radius 1 is 1.22 bits per heavy atom. The van der Waals surface area contributed by atoms with Crippen molar-refractivity contribution in [1.29, 1.82) is 0 Å². The van der Waals surface area contributed by atoms with Crippen molar-refractivity contribution in [1.82, 2.24) is 14.9 Å². The molecule has 0 saturated heterocycles. The molecule has 3 rings (SSSR count). The molecule has 0 bridgehead atoms. The van der Waals surface area contributed by atoms with Gasteiger partial charge in [0.1, 0.15) is 0 Å². The van der Waals surface area contributed by atoms with Crippen molar-refractivity contribution >= 4 is 32.5 Å². The number of nitrogens with one attached hydrogen (secondary N) is 3. The Labute approximate surface area is 157 Å². The number of carbonyl (C=O) groups is 1. The van der Waals surface area contributed by atoms with Gasteiger partial charge in [0.25, 0.3) is 5.91 Å². The van der Waals surface area contributed by atoms with Crippen LogP contribution in [0.15, 0.2) is 47.5 Å². The van der Waals surface area contributed by atoms with E-state index in [1.165, 1.54) is 19.2 Å². The summed E-state index contributed by atoms with van der Waals surface area (Å²) in [6.45, 7) is 2.16. The second-order valence-corrected chi connectivity index (χ2v) is 7.76. The van der Waals surface area contributed by atoms with Gasteiger partial charge in [-0.25, -0.2) is 13.1 Å². The van der Waals surface area contributed by atoms with Gasteiger partial charge >= 0.3 is 0 Å². The fourth-order valence-corrected chi connectivity index (χ4v) is 3.63. The average Bonchev–Trinajstić information content (AvgIpc) is 3.09. The highest BCUT2D eigenvalue weighted by molar-refractivity contribution is 7.89. The van der Waals surface area contributed by atoms with Gasteiger partial charge in [-0.05, 0) is 42.8 Å². The van der Waals surface area contributed by atoms with Crippen LogP contribution in [0.3, 0.4) is 0 Å². The van der Waals surface area contributed by atoms with E-state index in [2.05, 4.69) is 20.2 Å². The van der Waals surface area contributed by atoms with Crippen molar-refractivity contribution in [3.63, 3.8) is 0 Å². The first-order valence-electron chi connectivity index (χ1n) is 8.24. The van der Waals surface area contributed by atoms with Gasteiger partial charge in [-0.2, -0.15) is 5.10 Å². The molecule has 0 unspecified atom stereocenters. The minimum Gasteiger partial charge on any atom is -0.383 e. The molecule has 0 aliphatic heterocycles. The largest absolute Gasteiger partial charge is 0.383 e. The van der Waals surface area contributed by atoms with E-state index in [0.717, 1.165) is 10.9 Å². The molecule has 3 N–H and O–H groups in total. The number of ether oxygens (including phenoxy) is 1. The van der Waals surface area contributed by atoms with Gasteiger partial charge in [0.2, 0.25) is 10.0 Å². The zero-order valence-electron chi connectivity index (χ0n) is 14.9. The molecule has 1 amide bonds. The van der Waals surface area contributed by atoms with E-state index in [9.17, 15) is 13.2 Å². The lowest BCUT2D eigenvalue weighted by Gasteiger charge is -2.11. The van der Waals surface area contributed by atoms with Gasteiger partial charge in [-0.15, -0.1) is 0 Å². The Morgan fingerprint density at radius 2 is 2.04 bits per heavy atom. The van der Waals surface area contributed by atoms with Crippen LogP contribution in [0.1, 0.15) is 15.9 Å². The van der Waals surface area contributed by atoms with Crippen molar-refractivity contribution in [2.45, 2.75) is 11.8 Å². The number of aromatic amines is 1. The quantitative estimate of drug-likeness (QED) is 0.536. The van der Waals surface area contributed by atoms with Crippen molar-refractivity contribution in [3.8, 4) is 0 Å². The number of carbonyl (C=O) groups excluding carboxylic acids is 1. The normalized spacial score (nSPS) is 11.6. The fraction of sp³-hybridized carbons (Fsp3) is 0.222. The third kappa shape index (κ3) is 4.33. The summed E-state index contributed by atoms with van der Waals surface area (Å²) in [5.41, 5.74) is 2.42. The van der Waals surface area contributed by atoms with Crippen LogP contribution < -0.4 is 10.0 Å². The van der Waals surface area contributed by atoms with Crippen molar-refractivity contribution in [3.05, 3.63) is 53.7 Å². The summed E-state index contributed by atoms with van der Waals surface area (Å²) in [7, 11) is -2.23. The number of H-pyrrole nitrogens is 1. The highest BCUT2D eigenvalue weighted by Crippen LogP contribution is 2.20. The maximum absolute atomic E-state index is 12.7. The summed E-state index contributed by atoms with van der Waals surface area (Å²) >= 11 is 0. The van der Waals surface area contributed by atoms with E-state index < -0.39 is 10.0 Å². The van der Waals surface area contributed by atoms with Gasteiger partial charge in [-0.3, -0.25) is 9.89 Å². The smallest absolute Gasteiger partial charge is 0.255 e. The molecule has 9 heteroatoms. The molecule has 142 valence electrons. The first-order chi connectivity index (χ1) is 12.9. The molecule has 0 saturated carbocycles. The second-order valence-electron chi connectivity index (χ2n) is 5.99. The molecule has 1 aromatic heterocycles. The third-order valence-electron chi connectivity index (χ3n) is 4.06. The van der Waals surface area contributed by atoms with Crippen molar-refractivity contribution in [2.75, 3.05) is 25.6 Å². The number of anilines is 1. The number of nitrogens with zero attached hydrogens (tertiary/aromatic N) is 1. The topological polar surface area (TPSA) is 113 Å². The van der Waals surface area contributed by atoms with Crippen molar-refractivity contribution < 1.29 is 17.9 Å². The molecule has 0 fully saturated rings. The summed E-state index contributed by atoms with van der Waals surface area (Å²) in [5, 5.41) is 10.4. The summed E-state index contributed by atoms with van der Waals surface area (Å²) in [6, 6.07) is 9.80. The molecule has 2 aromatic carbocycles.